The fraction of sp³-hybridized carbons (Fsp3) is 0.533. The van der Waals surface area contributed by atoms with Gasteiger partial charge in [0.15, 0.2) is 11.6 Å². The third-order valence-corrected chi connectivity index (χ3v) is 8.93. The fourth-order valence-electron chi connectivity index (χ4n) is 5.01. The Labute approximate surface area is 227 Å². The number of rotatable bonds is 14. The van der Waals surface area contributed by atoms with Crippen molar-refractivity contribution in [3.8, 4) is 0 Å². The molecule has 0 radical (unpaired) electrons. The van der Waals surface area contributed by atoms with Crippen LogP contribution in [0.3, 0.4) is 0 Å². The number of carbonyl (C=O) groups excluding carboxylic acids is 2. The average molecular weight is 545 g/mol. The van der Waals surface area contributed by atoms with Crippen molar-refractivity contribution >= 4 is 21.6 Å². The Morgan fingerprint density at radius 3 is 2.13 bits per heavy atom. The number of nitrogens with zero attached hydrogens (tertiary/aromatic N) is 2. The van der Waals surface area contributed by atoms with E-state index in [-0.39, 0.29) is 43.3 Å². The third kappa shape index (κ3) is 9.10. The minimum atomic E-state index is -3.64. The highest BCUT2D eigenvalue weighted by Crippen LogP contribution is 2.26. The van der Waals surface area contributed by atoms with Crippen molar-refractivity contribution < 1.29 is 22.4 Å². The van der Waals surface area contributed by atoms with Crippen molar-refractivity contribution in [1.82, 2.24) is 9.21 Å². The Balaban J connectivity index is 1.67. The smallest absolute Gasteiger partial charge is 0.243 e. The molecule has 1 heterocycles. The van der Waals surface area contributed by atoms with Gasteiger partial charge in [0, 0.05) is 25.9 Å². The van der Waals surface area contributed by atoms with Crippen LogP contribution in [0.15, 0.2) is 47.4 Å². The highest BCUT2D eigenvalue weighted by atomic mass is 32.2. The molecule has 2 aromatic carbocycles. The van der Waals surface area contributed by atoms with Crippen LogP contribution in [0.25, 0.3) is 0 Å². The number of ketones is 2. The number of likely N-dealkylation sites (N-methyl/N-ethyl adjacent to an activating group) is 1. The van der Waals surface area contributed by atoms with E-state index in [9.17, 15) is 22.4 Å². The standard InChI is InChI=1S/C30H41FN2O4S/c1-3-4-7-12-26-15-14-25(21-30(26)38(36,37)33-16-8-5-6-9-17-33)20-29(35)23-32(2)22-28(34)19-24-11-10-13-27(31)18-24/h10-11,13-15,18,21H,3-9,12,16-17,19-20,22-23H2,1-2H3. The molecule has 0 aromatic heterocycles. The van der Waals surface area contributed by atoms with Gasteiger partial charge < -0.3 is 0 Å². The van der Waals surface area contributed by atoms with Gasteiger partial charge in [-0.3, -0.25) is 14.5 Å². The Morgan fingerprint density at radius 2 is 1.53 bits per heavy atom. The van der Waals surface area contributed by atoms with E-state index in [4.69, 9.17) is 0 Å². The Morgan fingerprint density at radius 1 is 0.895 bits per heavy atom. The zero-order valence-electron chi connectivity index (χ0n) is 22.8. The van der Waals surface area contributed by atoms with Gasteiger partial charge in [0.1, 0.15) is 5.82 Å². The highest BCUT2D eigenvalue weighted by Gasteiger charge is 2.28. The first kappa shape index (κ1) is 30.1. The van der Waals surface area contributed by atoms with E-state index in [1.165, 1.54) is 12.1 Å². The summed E-state index contributed by atoms with van der Waals surface area (Å²) >= 11 is 0. The van der Waals surface area contributed by atoms with Crippen molar-refractivity contribution in [2.24, 2.45) is 0 Å². The number of hydrogen-bond donors (Lipinski definition) is 0. The summed E-state index contributed by atoms with van der Waals surface area (Å²) in [6.07, 6.45) is 7.73. The van der Waals surface area contributed by atoms with Crippen molar-refractivity contribution in [1.29, 1.82) is 0 Å². The molecule has 208 valence electrons. The molecule has 1 fully saturated rings. The molecule has 0 atom stereocenters. The summed E-state index contributed by atoms with van der Waals surface area (Å²) in [5.41, 5.74) is 2.09. The number of hydrogen-bond acceptors (Lipinski definition) is 5. The SMILES string of the molecule is CCCCCc1ccc(CC(=O)CN(C)CC(=O)Cc2cccc(F)c2)cc1S(=O)(=O)N1CCCCCC1. The van der Waals surface area contributed by atoms with Crippen LogP contribution in [0.4, 0.5) is 4.39 Å². The summed E-state index contributed by atoms with van der Waals surface area (Å²) in [6.45, 7) is 3.34. The largest absolute Gasteiger partial charge is 0.298 e. The summed E-state index contributed by atoms with van der Waals surface area (Å²) < 4.78 is 42.3. The molecule has 6 nitrogen and oxygen atoms in total. The second kappa shape index (κ2) is 14.7. The van der Waals surface area contributed by atoms with Gasteiger partial charge in [-0.05, 0) is 67.6 Å². The second-order valence-electron chi connectivity index (χ2n) is 10.5. The summed E-state index contributed by atoms with van der Waals surface area (Å²) in [6, 6.07) is 11.4. The van der Waals surface area contributed by atoms with E-state index >= 15 is 0 Å². The van der Waals surface area contributed by atoms with E-state index in [2.05, 4.69) is 6.92 Å². The molecule has 0 aliphatic carbocycles. The quantitative estimate of drug-likeness (QED) is 0.314. The van der Waals surface area contributed by atoms with Gasteiger partial charge in [0.25, 0.3) is 0 Å². The molecule has 3 rings (SSSR count). The van der Waals surface area contributed by atoms with E-state index in [1.807, 2.05) is 12.1 Å². The molecule has 8 heteroatoms. The van der Waals surface area contributed by atoms with Crippen molar-refractivity contribution in [3.63, 3.8) is 0 Å². The molecule has 1 aliphatic rings. The molecule has 1 saturated heterocycles. The lowest BCUT2D eigenvalue weighted by molar-refractivity contribution is -0.121. The van der Waals surface area contributed by atoms with Crippen molar-refractivity contribution in [3.05, 3.63) is 65.0 Å². The number of carbonyl (C=O) groups is 2. The fourth-order valence-corrected chi connectivity index (χ4v) is 6.83. The predicted octanol–water partition coefficient (Wildman–Crippen LogP) is 4.98. The topological polar surface area (TPSA) is 74.8 Å². The third-order valence-electron chi connectivity index (χ3n) is 6.95. The molecular weight excluding hydrogens is 503 g/mol. The zero-order chi connectivity index (χ0) is 27.5. The lowest BCUT2D eigenvalue weighted by Gasteiger charge is -2.22. The van der Waals surface area contributed by atoms with Gasteiger partial charge in [0.05, 0.1) is 18.0 Å². The second-order valence-corrected chi connectivity index (χ2v) is 12.4. The number of sulfonamides is 1. The van der Waals surface area contributed by atoms with Gasteiger partial charge in [-0.2, -0.15) is 4.31 Å². The van der Waals surface area contributed by atoms with Crippen molar-refractivity contribution in [2.75, 3.05) is 33.2 Å². The number of aryl methyl sites for hydroxylation is 1. The van der Waals surface area contributed by atoms with Gasteiger partial charge in [-0.1, -0.05) is 56.9 Å². The predicted molar refractivity (Wildman–Crippen MR) is 148 cm³/mol. The van der Waals surface area contributed by atoms with Crippen LogP contribution in [0.1, 0.15) is 68.6 Å². The van der Waals surface area contributed by atoms with Crippen LogP contribution in [0.2, 0.25) is 0 Å². The first-order valence-corrected chi connectivity index (χ1v) is 15.2. The molecule has 0 spiro atoms. The number of benzene rings is 2. The van der Waals surface area contributed by atoms with Crippen LogP contribution in [-0.4, -0.2) is 62.4 Å². The van der Waals surface area contributed by atoms with Crippen LogP contribution in [-0.2, 0) is 38.9 Å². The summed E-state index contributed by atoms with van der Waals surface area (Å²) in [5, 5.41) is 0. The molecule has 0 saturated carbocycles. The highest BCUT2D eigenvalue weighted by molar-refractivity contribution is 7.89. The Bertz CT molecular complexity index is 1190. The van der Waals surface area contributed by atoms with E-state index in [0.29, 0.717) is 35.5 Å². The number of halogens is 1. The first-order chi connectivity index (χ1) is 18.2. The summed E-state index contributed by atoms with van der Waals surface area (Å²) in [5.74, 6) is -0.580. The van der Waals surface area contributed by atoms with Gasteiger partial charge >= 0.3 is 0 Å². The lowest BCUT2D eigenvalue weighted by Crippen LogP contribution is -2.33. The Hall–Kier alpha value is -2.42. The summed E-state index contributed by atoms with van der Waals surface area (Å²) in [4.78, 5) is 27.2. The minimum Gasteiger partial charge on any atom is -0.298 e. The maximum atomic E-state index is 13.7. The molecule has 1 aliphatic heterocycles. The molecule has 0 amide bonds. The van der Waals surface area contributed by atoms with Crippen LogP contribution in [0.5, 0.6) is 0 Å². The molecule has 2 aromatic rings. The van der Waals surface area contributed by atoms with Gasteiger partial charge in [0.2, 0.25) is 10.0 Å². The number of unbranched alkanes of at least 4 members (excludes halogenated alkanes) is 2. The van der Waals surface area contributed by atoms with Crippen molar-refractivity contribution in [2.45, 2.75) is 76.0 Å². The molecule has 38 heavy (non-hydrogen) atoms. The lowest BCUT2D eigenvalue weighted by atomic mass is 10.0. The van der Waals surface area contributed by atoms with Gasteiger partial charge in [-0.15, -0.1) is 0 Å². The molecule has 0 bridgehead atoms. The molecule has 0 N–H and O–H groups in total. The zero-order valence-corrected chi connectivity index (χ0v) is 23.6. The van der Waals surface area contributed by atoms with E-state index in [0.717, 1.165) is 50.5 Å². The van der Waals surface area contributed by atoms with Gasteiger partial charge in [-0.25, -0.2) is 12.8 Å². The summed E-state index contributed by atoms with van der Waals surface area (Å²) in [7, 11) is -1.94. The monoisotopic (exact) mass is 544 g/mol. The van der Waals surface area contributed by atoms with Crippen LogP contribution in [0, 0.1) is 5.82 Å². The van der Waals surface area contributed by atoms with E-state index < -0.39 is 10.0 Å². The number of Topliss-reactive ketones (excluding diaryl/α,β-unsaturated/α-hetero) is 2. The minimum absolute atomic E-state index is 0.0708. The maximum Gasteiger partial charge on any atom is 0.243 e. The maximum absolute atomic E-state index is 13.7. The molecule has 0 unspecified atom stereocenters. The Kier molecular flexibility index (Phi) is 11.6. The normalized spacial score (nSPS) is 14.9. The average Bonchev–Trinajstić information content (AvgIpc) is 3.15. The molecular formula is C30H41FN2O4S. The van der Waals surface area contributed by atoms with E-state index in [1.54, 1.807) is 34.5 Å². The van der Waals surface area contributed by atoms with Crippen LogP contribution >= 0.6 is 0 Å². The first-order valence-electron chi connectivity index (χ1n) is 13.8. The van der Waals surface area contributed by atoms with Crippen LogP contribution < -0.4 is 0 Å².